The van der Waals surface area contributed by atoms with Crippen LogP contribution in [0.5, 0.6) is 0 Å². The van der Waals surface area contributed by atoms with Gasteiger partial charge in [0.05, 0.1) is 25.4 Å². The second-order valence-electron chi connectivity index (χ2n) is 5.66. The number of ether oxygens (including phenoxy) is 3. The number of benzene rings is 1. The lowest BCUT2D eigenvalue weighted by Gasteiger charge is -2.38. The van der Waals surface area contributed by atoms with E-state index >= 15 is 0 Å². The van der Waals surface area contributed by atoms with Crippen LogP contribution in [0.4, 0.5) is 5.69 Å². The average molecular weight is 309 g/mol. The maximum absolute atomic E-state index is 5.84. The quantitative estimate of drug-likeness (QED) is 0.801. The molecule has 0 radical (unpaired) electrons. The van der Waals surface area contributed by atoms with Crippen molar-refractivity contribution in [1.29, 1.82) is 0 Å². The SMILES string of the molecule is CSc1ccc(N2C[C@@H](C)O[C@@H](C)C2)c(C2OCCO2)c1. The van der Waals surface area contributed by atoms with Gasteiger partial charge in [0.1, 0.15) is 0 Å². The van der Waals surface area contributed by atoms with Crippen molar-refractivity contribution in [2.45, 2.75) is 37.2 Å². The van der Waals surface area contributed by atoms with Crippen molar-refractivity contribution in [2.75, 3.05) is 37.5 Å². The Morgan fingerprint density at radius 3 is 2.38 bits per heavy atom. The summed E-state index contributed by atoms with van der Waals surface area (Å²) < 4.78 is 17.3. The zero-order valence-electron chi connectivity index (χ0n) is 12.9. The lowest BCUT2D eigenvalue weighted by Crippen LogP contribution is -2.46. The first-order chi connectivity index (χ1) is 10.2. The molecule has 116 valence electrons. The van der Waals surface area contributed by atoms with Crippen LogP contribution >= 0.6 is 11.8 Å². The fraction of sp³-hybridized carbons (Fsp3) is 0.625. The van der Waals surface area contributed by atoms with Crippen LogP contribution in [0.3, 0.4) is 0 Å². The summed E-state index contributed by atoms with van der Waals surface area (Å²) in [7, 11) is 0. The topological polar surface area (TPSA) is 30.9 Å². The molecule has 4 nitrogen and oxygen atoms in total. The van der Waals surface area contributed by atoms with Crippen LogP contribution in [-0.2, 0) is 14.2 Å². The number of rotatable bonds is 3. The average Bonchev–Trinajstić information content (AvgIpc) is 2.99. The molecule has 0 aliphatic carbocycles. The van der Waals surface area contributed by atoms with Crippen molar-refractivity contribution in [1.82, 2.24) is 0 Å². The normalized spacial score (nSPS) is 27.3. The molecule has 0 spiro atoms. The molecule has 2 heterocycles. The molecule has 2 aliphatic heterocycles. The van der Waals surface area contributed by atoms with Crippen LogP contribution in [0.1, 0.15) is 25.7 Å². The molecule has 2 saturated heterocycles. The van der Waals surface area contributed by atoms with Crippen LogP contribution in [0.15, 0.2) is 23.1 Å². The van der Waals surface area contributed by atoms with Gasteiger partial charge >= 0.3 is 0 Å². The highest BCUT2D eigenvalue weighted by Gasteiger charge is 2.28. The predicted molar refractivity (Wildman–Crippen MR) is 85.1 cm³/mol. The first kappa shape index (κ1) is 15.2. The summed E-state index contributed by atoms with van der Waals surface area (Å²) in [5.74, 6) is 0. The minimum absolute atomic E-state index is 0.236. The van der Waals surface area contributed by atoms with Gasteiger partial charge < -0.3 is 19.1 Å². The van der Waals surface area contributed by atoms with E-state index in [4.69, 9.17) is 14.2 Å². The zero-order valence-corrected chi connectivity index (χ0v) is 13.7. The van der Waals surface area contributed by atoms with Crippen LogP contribution in [-0.4, -0.2) is 44.8 Å². The van der Waals surface area contributed by atoms with Gasteiger partial charge in [0.15, 0.2) is 6.29 Å². The molecule has 0 amide bonds. The minimum atomic E-state index is -0.236. The summed E-state index contributed by atoms with van der Waals surface area (Å²) in [6.07, 6.45) is 2.34. The molecule has 5 heteroatoms. The second-order valence-corrected chi connectivity index (χ2v) is 6.54. The van der Waals surface area contributed by atoms with Crippen molar-refractivity contribution in [3.8, 4) is 0 Å². The van der Waals surface area contributed by atoms with Gasteiger partial charge in [-0.25, -0.2) is 0 Å². The van der Waals surface area contributed by atoms with Gasteiger partial charge in [0, 0.05) is 29.2 Å². The molecular weight excluding hydrogens is 286 g/mol. The molecule has 1 aromatic rings. The minimum Gasteiger partial charge on any atom is -0.372 e. The van der Waals surface area contributed by atoms with Crippen molar-refractivity contribution in [2.24, 2.45) is 0 Å². The third-order valence-corrected chi connectivity index (χ3v) is 4.60. The van der Waals surface area contributed by atoms with E-state index in [1.165, 1.54) is 10.6 Å². The van der Waals surface area contributed by atoms with E-state index in [-0.39, 0.29) is 18.5 Å². The smallest absolute Gasteiger partial charge is 0.186 e. The Kier molecular flexibility index (Phi) is 4.74. The van der Waals surface area contributed by atoms with E-state index in [1.807, 2.05) is 0 Å². The molecule has 0 N–H and O–H groups in total. The first-order valence-electron chi connectivity index (χ1n) is 7.49. The summed E-state index contributed by atoms with van der Waals surface area (Å²) in [5.41, 5.74) is 2.35. The second kappa shape index (κ2) is 6.57. The van der Waals surface area contributed by atoms with Gasteiger partial charge in [-0.2, -0.15) is 0 Å². The molecule has 0 bridgehead atoms. The highest BCUT2D eigenvalue weighted by Crippen LogP contribution is 2.35. The Morgan fingerprint density at radius 1 is 1.10 bits per heavy atom. The Balaban J connectivity index is 1.92. The third kappa shape index (κ3) is 3.37. The highest BCUT2D eigenvalue weighted by molar-refractivity contribution is 7.98. The number of morpholine rings is 1. The number of nitrogens with zero attached hydrogens (tertiary/aromatic N) is 1. The summed E-state index contributed by atoms with van der Waals surface area (Å²) in [4.78, 5) is 3.63. The fourth-order valence-electron chi connectivity index (χ4n) is 3.05. The predicted octanol–water partition coefficient (Wildman–Crippen LogP) is 3.07. The lowest BCUT2D eigenvalue weighted by molar-refractivity contribution is -0.0445. The molecule has 3 rings (SSSR count). The van der Waals surface area contributed by atoms with Crippen molar-refractivity contribution < 1.29 is 14.2 Å². The van der Waals surface area contributed by atoms with Crippen molar-refractivity contribution in [3.63, 3.8) is 0 Å². The van der Waals surface area contributed by atoms with Gasteiger partial charge in [-0.15, -0.1) is 11.8 Å². The molecule has 2 atom stereocenters. The van der Waals surface area contributed by atoms with Crippen LogP contribution < -0.4 is 4.90 Å². The Labute approximate surface area is 130 Å². The van der Waals surface area contributed by atoms with E-state index < -0.39 is 0 Å². The number of hydrogen-bond donors (Lipinski definition) is 0. The molecule has 2 aliphatic rings. The molecule has 0 aromatic heterocycles. The summed E-state index contributed by atoms with van der Waals surface area (Å²) in [6, 6.07) is 6.56. The molecule has 1 aromatic carbocycles. The van der Waals surface area contributed by atoms with Crippen LogP contribution in [0.2, 0.25) is 0 Å². The summed E-state index contributed by atoms with van der Waals surface area (Å²) >= 11 is 1.74. The number of anilines is 1. The maximum atomic E-state index is 5.84. The standard InChI is InChI=1S/C16H23NO3S/c1-11-9-17(10-12(2)20-11)15-5-4-13(21-3)8-14(15)16-18-6-7-19-16/h4-5,8,11-12,16H,6-7,9-10H2,1-3H3/t11-,12+. The molecule has 21 heavy (non-hydrogen) atoms. The zero-order chi connectivity index (χ0) is 14.8. The van der Waals surface area contributed by atoms with Gasteiger partial charge in [-0.05, 0) is 38.3 Å². The number of hydrogen-bond acceptors (Lipinski definition) is 5. The van der Waals surface area contributed by atoms with E-state index in [1.54, 1.807) is 11.8 Å². The van der Waals surface area contributed by atoms with Gasteiger partial charge in [-0.3, -0.25) is 0 Å². The maximum Gasteiger partial charge on any atom is 0.186 e. The van der Waals surface area contributed by atoms with Gasteiger partial charge in [0.2, 0.25) is 0 Å². The van der Waals surface area contributed by atoms with E-state index in [9.17, 15) is 0 Å². The van der Waals surface area contributed by atoms with Crippen molar-refractivity contribution in [3.05, 3.63) is 23.8 Å². The monoisotopic (exact) mass is 309 g/mol. The van der Waals surface area contributed by atoms with Gasteiger partial charge in [0.25, 0.3) is 0 Å². The Morgan fingerprint density at radius 2 is 1.76 bits per heavy atom. The Hall–Kier alpha value is -0.750. The molecule has 0 unspecified atom stereocenters. The molecule has 0 saturated carbocycles. The summed E-state index contributed by atoms with van der Waals surface area (Å²) in [5, 5.41) is 0. The van der Waals surface area contributed by atoms with Crippen molar-refractivity contribution >= 4 is 17.4 Å². The lowest BCUT2D eigenvalue weighted by atomic mass is 10.1. The van der Waals surface area contributed by atoms with E-state index in [0.717, 1.165) is 18.7 Å². The largest absolute Gasteiger partial charge is 0.372 e. The highest BCUT2D eigenvalue weighted by atomic mass is 32.2. The first-order valence-corrected chi connectivity index (χ1v) is 8.71. The van der Waals surface area contributed by atoms with Gasteiger partial charge in [-0.1, -0.05) is 0 Å². The molecular formula is C16H23NO3S. The third-order valence-electron chi connectivity index (χ3n) is 3.87. The van der Waals surface area contributed by atoms with Crippen LogP contribution in [0, 0.1) is 0 Å². The fourth-order valence-corrected chi connectivity index (χ4v) is 3.50. The summed E-state index contributed by atoms with van der Waals surface area (Å²) in [6.45, 7) is 7.40. The number of thioether (sulfide) groups is 1. The Bertz CT molecular complexity index is 480. The van der Waals surface area contributed by atoms with E-state index in [2.05, 4.69) is 43.2 Å². The van der Waals surface area contributed by atoms with Crippen LogP contribution in [0.25, 0.3) is 0 Å². The molecule has 2 fully saturated rings. The van der Waals surface area contributed by atoms with E-state index in [0.29, 0.717) is 13.2 Å².